The molecule has 0 aliphatic rings. The van der Waals surface area contributed by atoms with Crippen LogP contribution in [0, 0.1) is 13.8 Å². The SMILES string of the molecule is Cc1ccccc1CSc1nnc(CNC(=O)c2ccc(Cl)cc2Cl)n1-c1cc(Cl)ccc1C. The quantitative estimate of drug-likeness (QED) is 0.259. The fourth-order valence-electron chi connectivity index (χ4n) is 3.42. The summed E-state index contributed by atoms with van der Waals surface area (Å²) in [6.45, 7) is 4.24. The molecule has 0 radical (unpaired) electrons. The maximum absolute atomic E-state index is 12.8. The molecule has 0 saturated heterocycles. The molecule has 0 saturated carbocycles. The Hall–Kier alpha value is -2.51. The number of hydrogen-bond donors (Lipinski definition) is 1. The Morgan fingerprint density at radius 1 is 0.941 bits per heavy atom. The van der Waals surface area contributed by atoms with Gasteiger partial charge in [0.2, 0.25) is 0 Å². The standard InChI is InChI=1S/C25H21Cl3N4OS/c1-15-5-3-4-6-17(15)14-34-25-31-30-23(32(25)22-12-19(27)8-7-16(22)2)13-29-24(33)20-10-9-18(26)11-21(20)28/h3-12H,13-14H2,1-2H3,(H,29,33). The fraction of sp³-hybridized carbons (Fsp3) is 0.160. The minimum absolute atomic E-state index is 0.154. The molecule has 0 atom stereocenters. The van der Waals surface area contributed by atoms with Gasteiger partial charge in [0.1, 0.15) is 0 Å². The van der Waals surface area contributed by atoms with Crippen LogP contribution in [0.5, 0.6) is 0 Å². The molecular formula is C25H21Cl3N4OS. The topological polar surface area (TPSA) is 59.8 Å². The molecule has 34 heavy (non-hydrogen) atoms. The van der Waals surface area contributed by atoms with Crippen LogP contribution in [0.3, 0.4) is 0 Å². The van der Waals surface area contributed by atoms with Crippen molar-refractivity contribution in [1.29, 1.82) is 0 Å². The molecule has 174 valence electrons. The number of carbonyl (C=O) groups is 1. The molecule has 1 aromatic heterocycles. The smallest absolute Gasteiger partial charge is 0.253 e. The second kappa shape index (κ2) is 10.8. The Kier molecular flexibility index (Phi) is 7.84. The van der Waals surface area contributed by atoms with Crippen molar-refractivity contribution in [1.82, 2.24) is 20.1 Å². The van der Waals surface area contributed by atoms with Gasteiger partial charge in [0, 0.05) is 15.8 Å². The van der Waals surface area contributed by atoms with E-state index in [-0.39, 0.29) is 17.5 Å². The van der Waals surface area contributed by atoms with E-state index < -0.39 is 0 Å². The highest BCUT2D eigenvalue weighted by atomic mass is 35.5. The highest BCUT2D eigenvalue weighted by Crippen LogP contribution is 2.29. The summed E-state index contributed by atoms with van der Waals surface area (Å²) < 4.78 is 1.94. The van der Waals surface area contributed by atoms with Gasteiger partial charge in [0.05, 0.1) is 22.8 Å². The number of benzene rings is 3. The van der Waals surface area contributed by atoms with E-state index in [9.17, 15) is 4.79 Å². The van der Waals surface area contributed by atoms with Crippen molar-refractivity contribution >= 4 is 52.5 Å². The zero-order chi connectivity index (χ0) is 24.2. The predicted molar refractivity (Wildman–Crippen MR) is 139 cm³/mol. The van der Waals surface area contributed by atoms with E-state index >= 15 is 0 Å². The third kappa shape index (κ3) is 5.58. The molecular weight excluding hydrogens is 511 g/mol. The highest BCUT2D eigenvalue weighted by Gasteiger charge is 2.19. The van der Waals surface area contributed by atoms with Crippen LogP contribution in [0.2, 0.25) is 15.1 Å². The maximum atomic E-state index is 12.8. The summed E-state index contributed by atoms with van der Waals surface area (Å²) in [6, 6.07) is 18.7. The number of hydrogen-bond acceptors (Lipinski definition) is 4. The van der Waals surface area contributed by atoms with Gasteiger partial charge in [0.15, 0.2) is 11.0 Å². The number of carbonyl (C=O) groups excluding carboxylic acids is 1. The molecule has 0 aliphatic heterocycles. The van der Waals surface area contributed by atoms with Gasteiger partial charge in [-0.15, -0.1) is 10.2 Å². The van der Waals surface area contributed by atoms with Gasteiger partial charge < -0.3 is 5.32 Å². The lowest BCUT2D eigenvalue weighted by Gasteiger charge is -2.14. The van der Waals surface area contributed by atoms with Crippen LogP contribution < -0.4 is 5.32 Å². The molecule has 0 spiro atoms. The minimum Gasteiger partial charge on any atom is -0.345 e. The van der Waals surface area contributed by atoms with Crippen LogP contribution in [-0.4, -0.2) is 20.7 Å². The maximum Gasteiger partial charge on any atom is 0.253 e. The second-order valence-electron chi connectivity index (χ2n) is 7.69. The molecule has 0 fully saturated rings. The number of thioether (sulfide) groups is 1. The van der Waals surface area contributed by atoms with E-state index in [0.29, 0.717) is 26.6 Å². The Labute approximate surface area is 217 Å². The fourth-order valence-corrected chi connectivity index (χ4v) is 5.12. The number of amides is 1. The lowest BCUT2D eigenvalue weighted by molar-refractivity contribution is 0.0950. The first-order chi connectivity index (χ1) is 16.3. The molecule has 4 aromatic rings. The Morgan fingerprint density at radius 3 is 2.44 bits per heavy atom. The first-order valence-corrected chi connectivity index (χ1v) is 12.6. The number of rotatable bonds is 7. The van der Waals surface area contributed by atoms with Crippen molar-refractivity contribution in [2.45, 2.75) is 31.3 Å². The van der Waals surface area contributed by atoms with E-state index in [4.69, 9.17) is 34.8 Å². The average Bonchev–Trinajstić information content (AvgIpc) is 3.21. The summed E-state index contributed by atoms with van der Waals surface area (Å²) >= 11 is 20.0. The van der Waals surface area contributed by atoms with Gasteiger partial charge in [-0.25, -0.2) is 0 Å². The number of nitrogens with one attached hydrogen (secondary N) is 1. The van der Waals surface area contributed by atoms with Crippen LogP contribution in [0.1, 0.15) is 32.9 Å². The summed E-state index contributed by atoms with van der Waals surface area (Å²) in [5.41, 5.74) is 4.64. The summed E-state index contributed by atoms with van der Waals surface area (Å²) in [5, 5.41) is 13.8. The van der Waals surface area contributed by atoms with E-state index in [1.807, 2.05) is 41.8 Å². The van der Waals surface area contributed by atoms with Crippen molar-refractivity contribution < 1.29 is 4.79 Å². The van der Waals surface area contributed by atoms with Crippen LogP contribution in [0.25, 0.3) is 5.69 Å². The number of nitrogens with zero attached hydrogens (tertiary/aromatic N) is 3. The lowest BCUT2D eigenvalue weighted by atomic mass is 10.1. The van der Waals surface area contributed by atoms with Crippen LogP contribution >= 0.6 is 46.6 Å². The highest BCUT2D eigenvalue weighted by molar-refractivity contribution is 7.98. The van der Waals surface area contributed by atoms with Gasteiger partial charge in [-0.2, -0.15) is 0 Å². The normalized spacial score (nSPS) is 11.0. The van der Waals surface area contributed by atoms with Crippen molar-refractivity contribution in [3.63, 3.8) is 0 Å². The van der Waals surface area contributed by atoms with E-state index in [1.165, 1.54) is 17.2 Å². The molecule has 0 aliphatic carbocycles. The molecule has 1 heterocycles. The van der Waals surface area contributed by atoms with Crippen molar-refractivity contribution in [2.75, 3.05) is 0 Å². The first-order valence-electron chi connectivity index (χ1n) is 10.4. The van der Waals surface area contributed by atoms with Crippen LogP contribution in [-0.2, 0) is 12.3 Å². The second-order valence-corrected chi connectivity index (χ2v) is 9.91. The zero-order valence-corrected chi connectivity index (χ0v) is 21.6. The van der Waals surface area contributed by atoms with E-state index in [1.54, 1.807) is 23.9 Å². The Balaban J connectivity index is 1.63. The van der Waals surface area contributed by atoms with Gasteiger partial charge in [0.25, 0.3) is 5.91 Å². The Bertz CT molecular complexity index is 1360. The number of halogens is 3. The van der Waals surface area contributed by atoms with Crippen LogP contribution in [0.4, 0.5) is 0 Å². The molecule has 9 heteroatoms. The molecule has 5 nitrogen and oxygen atoms in total. The number of aryl methyl sites for hydroxylation is 2. The third-order valence-corrected chi connectivity index (χ3v) is 7.07. The summed E-state index contributed by atoms with van der Waals surface area (Å²) in [7, 11) is 0. The van der Waals surface area contributed by atoms with Crippen LogP contribution in [0.15, 0.2) is 65.8 Å². The molecule has 3 aromatic carbocycles. The van der Waals surface area contributed by atoms with Crippen molar-refractivity contribution in [2.24, 2.45) is 0 Å². The Morgan fingerprint density at radius 2 is 1.68 bits per heavy atom. The molecule has 0 bridgehead atoms. The summed E-state index contributed by atoms with van der Waals surface area (Å²) in [6.07, 6.45) is 0. The predicted octanol–water partition coefficient (Wildman–Crippen LogP) is 7.07. The van der Waals surface area contributed by atoms with E-state index in [2.05, 4.69) is 34.6 Å². The largest absolute Gasteiger partial charge is 0.345 e. The molecule has 1 amide bonds. The third-order valence-electron chi connectivity index (χ3n) is 5.31. The number of aromatic nitrogens is 3. The molecule has 4 rings (SSSR count). The molecule has 1 N–H and O–H groups in total. The lowest BCUT2D eigenvalue weighted by Crippen LogP contribution is -2.25. The summed E-state index contributed by atoms with van der Waals surface area (Å²) in [4.78, 5) is 12.8. The molecule has 0 unspecified atom stereocenters. The van der Waals surface area contributed by atoms with Gasteiger partial charge in [-0.3, -0.25) is 9.36 Å². The average molecular weight is 532 g/mol. The minimum atomic E-state index is -0.326. The van der Waals surface area contributed by atoms with Crippen molar-refractivity contribution in [3.8, 4) is 5.69 Å². The zero-order valence-electron chi connectivity index (χ0n) is 18.5. The van der Waals surface area contributed by atoms with Gasteiger partial charge in [-0.1, -0.05) is 76.9 Å². The van der Waals surface area contributed by atoms with Gasteiger partial charge >= 0.3 is 0 Å². The first kappa shape index (κ1) is 24.6. The summed E-state index contributed by atoms with van der Waals surface area (Å²) in [5.74, 6) is 0.987. The van der Waals surface area contributed by atoms with Crippen molar-refractivity contribution in [3.05, 3.63) is 104 Å². The van der Waals surface area contributed by atoms with E-state index in [0.717, 1.165) is 17.0 Å². The monoisotopic (exact) mass is 530 g/mol. The van der Waals surface area contributed by atoms with Gasteiger partial charge in [-0.05, 0) is 60.9 Å².